The molecule has 0 aliphatic heterocycles. The zero-order valence-corrected chi connectivity index (χ0v) is 15.0. The van der Waals surface area contributed by atoms with Crippen LogP contribution in [0.3, 0.4) is 0 Å². The Morgan fingerprint density at radius 2 is 1.65 bits per heavy atom. The third kappa shape index (κ3) is 1.86. The van der Waals surface area contributed by atoms with Crippen LogP contribution in [0.5, 0.6) is 0 Å². The molecule has 0 saturated heterocycles. The molecule has 0 atom stereocenters. The number of hydrogen-bond donors (Lipinski definition) is 2. The van der Waals surface area contributed by atoms with Gasteiger partial charge in [-0.25, -0.2) is 0 Å². The Bertz CT molecular complexity index is 936. The summed E-state index contributed by atoms with van der Waals surface area (Å²) < 4.78 is 0. The van der Waals surface area contributed by atoms with Crippen molar-refractivity contribution in [3.63, 3.8) is 0 Å². The second-order valence-corrected chi connectivity index (χ2v) is 9.14. The Labute approximate surface area is 154 Å². The molecular weight excluding hydrogens is 318 g/mol. The van der Waals surface area contributed by atoms with E-state index in [1.54, 1.807) is 0 Å². The molecule has 2 aromatic carbocycles. The summed E-state index contributed by atoms with van der Waals surface area (Å²) in [5, 5.41) is 11.1. The van der Waals surface area contributed by atoms with Gasteiger partial charge in [-0.2, -0.15) is 0 Å². The van der Waals surface area contributed by atoms with E-state index in [1.807, 2.05) is 0 Å². The van der Waals surface area contributed by atoms with E-state index >= 15 is 0 Å². The van der Waals surface area contributed by atoms with Gasteiger partial charge >= 0.3 is 0 Å². The van der Waals surface area contributed by atoms with Crippen molar-refractivity contribution in [1.29, 1.82) is 5.41 Å². The lowest BCUT2D eigenvalue weighted by Crippen LogP contribution is -2.63. The quantitative estimate of drug-likeness (QED) is 0.508. The van der Waals surface area contributed by atoms with Gasteiger partial charge in [0.1, 0.15) is 0 Å². The number of rotatable bonds is 2. The van der Waals surface area contributed by atoms with Crippen LogP contribution in [0.4, 0.5) is 5.69 Å². The van der Waals surface area contributed by atoms with E-state index in [2.05, 4.69) is 47.4 Å². The van der Waals surface area contributed by atoms with Gasteiger partial charge in [0.2, 0.25) is 0 Å². The van der Waals surface area contributed by atoms with Crippen molar-refractivity contribution in [1.82, 2.24) is 0 Å². The van der Waals surface area contributed by atoms with Crippen LogP contribution < -0.4 is 10.6 Å². The molecule has 0 heterocycles. The zero-order chi connectivity index (χ0) is 17.5. The molecule has 4 bridgehead atoms. The first kappa shape index (κ1) is 14.8. The second-order valence-electron chi connectivity index (χ2n) is 9.14. The van der Waals surface area contributed by atoms with Crippen LogP contribution in [0.1, 0.15) is 49.7 Å². The number of nitrogens with one attached hydrogen (secondary N) is 1. The predicted octanol–water partition coefficient (Wildman–Crippen LogP) is 4.99. The van der Waals surface area contributed by atoms with Gasteiger partial charge in [0.05, 0.1) is 5.69 Å². The lowest BCUT2D eigenvalue weighted by molar-refractivity contribution is 0.00167. The highest BCUT2D eigenvalue weighted by Gasteiger charge is 2.54. The molecule has 3 N–H and O–H groups in total. The van der Waals surface area contributed by atoms with E-state index in [4.69, 9.17) is 11.1 Å². The number of anilines is 1. The van der Waals surface area contributed by atoms with E-state index in [9.17, 15) is 0 Å². The Hall–Kier alpha value is -2.29. The summed E-state index contributed by atoms with van der Waals surface area (Å²) in [6, 6.07) is 10.9. The van der Waals surface area contributed by atoms with Crippen LogP contribution in [-0.4, -0.2) is 11.5 Å². The van der Waals surface area contributed by atoms with Crippen LogP contribution in [0.2, 0.25) is 0 Å². The van der Waals surface area contributed by atoms with Crippen molar-refractivity contribution >= 4 is 34.6 Å². The predicted molar refractivity (Wildman–Crippen MR) is 108 cm³/mol. The molecule has 26 heavy (non-hydrogen) atoms. The fourth-order valence-corrected chi connectivity index (χ4v) is 7.08. The molecule has 5 aliphatic rings. The highest BCUT2D eigenvalue weighted by atomic mass is 15.3. The first-order chi connectivity index (χ1) is 12.6. The van der Waals surface area contributed by atoms with Gasteiger partial charge in [0.15, 0.2) is 5.96 Å². The minimum atomic E-state index is 0.0656. The normalized spacial score (nSPS) is 33.2. The molecule has 2 aromatic rings. The number of guanidine groups is 1. The van der Waals surface area contributed by atoms with Gasteiger partial charge in [0.25, 0.3) is 0 Å². The van der Waals surface area contributed by atoms with Crippen LogP contribution in [0.25, 0.3) is 22.9 Å². The lowest BCUT2D eigenvalue weighted by Gasteiger charge is -2.60. The van der Waals surface area contributed by atoms with Gasteiger partial charge in [-0.1, -0.05) is 36.4 Å². The number of nitrogens with two attached hydrogens (primary N) is 1. The molecule has 0 spiro atoms. The molecule has 0 radical (unpaired) electrons. The minimum Gasteiger partial charge on any atom is -0.370 e. The molecule has 4 saturated carbocycles. The van der Waals surface area contributed by atoms with Crippen LogP contribution in [-0.2, 0) is 0 Å². The first-order valence-corrected chi connectivity index (χ1v) is 10.0. The van der Waals surface area contributed by atoms with Gasteiger partial charge in [-0.15, -0.1) is 0 Å². The molecule has 0 aromatic heterocycles. The Balaban J connectivity index is 1.54. The summed E-state index contributed by atoms with van der Waals surface area (Å²) in [6.07, 6.45) is 12.3. The van der Waals surface area contributed by atoms with Crippen molar-refractivity contribution < 1.29 is 0 Å². The number of hydrogen-bond acceptors (Lipinski definition) is 1. The topological polar surface area (TPSA) is 53.1 Å². The van der Waals surface area contributed by atoms with Crippen molar-refractivity contribution in [2.75, 3.05) is 4.90 Å². The van der Waals surface area contributed by atoms with Crippen LogP contribution in [0.15, 0.2) is 30.3 Å². The van der Waals surface area contributed by atoms with Crippen molar-refractivity contribution in [2.45, 2.75) is 44.1 Å². The maximum absolute atomic E-state index is 8.50. The van der Waals surface area contributed by atoms with Gasteiger partial charge in [-0.05, 0) is 78.7 Å². The molecule has 7 rings (SSSR count). The standard InChI is InChI=1S/C23H25N3/c24-22(25)26(23-11-14-8-15(12-23)10-16(9-14)13-23)20-7-5-18-3-1-2-17-4-6-19(20)21(17)18/h1-7,14-16H,8-13H2,(H3,24,25). The van der Waals surface area contributed by atoms with Gasteiger partial charge in [0, 0.05) is 11.1 Å². The highest BCUT2D eigenvalue weighted by molar-refractivity contribution is 6.11. The molecule has 132 valence electrons. The van der Waals surface area contributed by atoms with Crippen molar-refractivity contribution in [3.8, 4) is 0 Å². The van der Waals surface area contributed by atoms with E-state index in [0.29, 0.717) is 0 Å². The second kappa shape index (κ2) is 4.91. The zero-order valence-electron chi connectivity index (χ0n) is 15.0. The third-order valence-corrected chi connectivity index (χ3v) is 7.49. The summed E-state index contributed by atoms with van der Waals surface area (Å²) in [4.78, 5) is 2.23. The van der Waals surface area contributed by atoms with Crippen molar-refractivity contribution in [3.05, 3.63) is 41.5 Å². The molecule has 4 fully saturated rings. The monoisotopic (exact) mass is 343 g/mol. The largest absolute Gasteiger partial charge is 0.370 e. The highest BCUT2D eigenvalue weighted by Crippen LogP contribution is 2.59. The summed E-state index contributed by atoms with van der Waals surface area (Å²) in [5.74, 6) is 2.73. The summed E-state index contributed by atoms with van der Waals surface area (Å²) in [5.41, 5.74) is 10.0. The lowest BCUT2D eigenvalue weighted by atomic mass is 9.52. The van der Waals surface area contributed by atoms with Crippen LogP contribution >= 0.6 is 0 Å². The summed E-state index contributed by atoms with van der Waals surface area (Å²) >= 11 is 0. The number of nitrogens with zero attached hydrogens (tertiary/aromatic N) is 1. The fourth-order valence-electron chi connectivity index (χ4n) is 7.08. The van der Waals surface area contributed by atoms with Gasteiger partial charge in [-0.3, -0.25) is 5.41 Å². The molecule has 0 unspecified atom stereocenters. The minimum absolute atomic E-state index is 0.0656. The molecular formula is C23H25N3. The van der Waals surface area contributed by atoms with E-state index in [-0.39, 0.29) is 11.5 Å². The Kier molecular flexibility index (Phi) is 2.80. The smallest absolute Gasteiger partial charge is 0.193 e. The van der Waals surface area contributed by atoms with E-state index < -0.39 is 0 Å². The molecule has 3 nitrogen and oxygen atoms in total. The van der Waals surface area contributed by atoms with E-state index in [1.165, 1.54) is 60.4 Å². The average molecular weight is 343 g/mol. The molecule has 3 heteroatoms. The SMILES string of the molecule is N=C(N)N(c1ccc2cccc3c2c1C=C3)C12CC3CC(CC(C3)C1)C2. The summed E-state index contributed by atoms with van der Waals surface area (Å²) in [6.45, 7) is 0. The molecule has 5 aliphatic carbocycles. The number of benzene rings is 2. The summed E-state index contributed by atoms with van der Waals surface area (Å²) in [7, 11) is 0. The first-order valence-electron chi connectivity index (χ1n) is 10.0. The molecule has 0 amide bonds. The third-order valence-electron chi connectivity index (χ3n) is 7.49. The van der Waals surface area contributed by atoms with E-state index in [0.717, 1.165) is 23.4 Å². The fraction of sp³-hybridized carbons (Fsp3) is 0.435. The average Bonchev–Trinajstić information content (AvgIpc) is 3.01. The van der Waals surface area contributed by atoms with Crippen LogP contribution in [0, 0.1) is 23.2 Å². The Morgan fingerprint density at radius 1 is 0.962 bits per heavy atom. The maximum Gasteiger partial charge on any atom is 0.193 e. The van der Waals surface area contributed by atoms with Gasteiger partial charge < -0.3 is 10.6 Å². The maximum atomic E-state index is 8.50. The van der Waals surface area contributed by atoms with Crippen molar-refractivity contribution in [2.24, 2.45) is 23.5 Å². The Morgan fingerprint density at radius 3 is 2.31 bits per heavy atom.